The number of rotatable bonds is 6. The first-order chi connectivity index (χ1) is 8.39. The molecule has 0 aromatic heterocycles. The Labute approximate surface area is 105 Å². The van der Waals surface area contributed by atoms with Crippen molar-refractivity contribution in [2.45, 2.75) is 5.34 Å². The normalized spacial score (nSPS) is 15.7. The zero-order valence-corrected chi connectivity index (χ0v) is 10.9. The molecule has 0 spiro atoms. The van der Waals surface area contributed by atoms with Crippen molar-refractivity contribution in [1.29, 1.82) is 0 Å². The highest BCUT2D eigenvalue weighted by Gasteiger charge is 2.50. The smallest absolute Gasteiger partial charge is 0.367 e. The summed E-state index contributed by atoms with van der Waals surface area (Å²) in [6.07, 6.45) is 0. The van der Waals surface area contributed by atoms with Crippen molar-refractivity contribution in [1.82, 2.24) is 5.23 Å². The third kappa shape index (κ3) is 2.78. The monoisotopic (exact) mass is 276 g/mol. The van der Waals surface area contributed by atoms with Crippen LogP contribution in [-0.4, -0.2) is 36.3 Å². The van der Waals surface area contributed by atoms with Gasteiger partial charge in [0.2, 0.25) is 5.34 Å². The van der Waals surface area contributed by atoms with E-state index in [9.17, 15) is 14.9 Å². The van der Waals surface area contributed by atoms with Gasteiger partial charge in [-0.3, -0.25) is 9.79 Å². The van der Waals surface area contributed by atoms with Crippen molar-refractivity contribution in [3.05, 3.63) is 41.1 Å². The highest BCUT2D eigenvalue weighted by Crippen LogP contribution is 2.62. The summed E-state index contributed by atoms with van der Waals surface area (Å²) < 4.78 is 21.8. The van der Waals surface area contributed by atoms with Gasteiger partial charge >= 0.3 is 7.60 Å². The molecule has 8 heteroatoms. The summed E-state index contributed by atoms with van der Waals surface area (Å²) >= 11 is 0. The molecule has 2 N–H and O–H groups in total. The Bertz CT molecular complexity index is 418. The van der Waals surface area contributed by atoms with Crippen LogP contribution in [0.25, 0.3) is 0 Å². The van der Waals surface area contributed by atoms with E-state index in [1.54, 1.807) is 18.2 Å². The summed E-state index contributed by atoms with van der Waals surface area (Å²) in [7, 11) is -1.85. The fourth-order valence-corrected chi connectivity index (χ4v) is 3.12. The molecule has 7 nitrogen and oxygen atoms in total. The molecule has 1 aromatic rings. The number of benzene rings is 1. The molecule has 0 saturated heterocycles. The molecule has 0 bridgehead atoms. The molecule has 1 aromatic carbocycles. The van der Waals surface area contributed by atoms with Crippen LogP contribution in [0.15, 0.2) is 30.3 Å². The Morgan fingerprint density at radius 3 is 2.22 bits per heavy atom. The fraction of sp³-hybridized carbons (Fsp3) is 0.400. The van der Waals surface area contributed by atoms with Crippen LogP contribution in [0, 0.1) is 5.21 Å². The highest BCUT2D eigenvalue weighted by molar-refractivity contribution is 7.54. The molecule has 0 aliphatic carbocycles. The fourth-order valence-electron chi connectivity index (χ4n) is 1.61. The van der Waals surface area contributed by atoms with Crippen LogP contribution in [-0.2, 0) is 19.0 Å². The summed E-state index contributed by atoms with van der Waals surface area (Å²) in [5.41, 5.74) is 0.145. The maximum atomic E-state index is 12.3. The lowest BCUT2D eigenvalue weighted by Crippen LogP contribution is -2.38. The van der Waals surface area contributed by atoms with E-state index in [2.05, 4.69) is 0 Å². The van der Waals surface area contributed by atoms with Crippen LogP contribution in [0.4, 0.5) is 0 Å². The predicted octanol–water partition coefficient (Wildman–Crippen LogP) is 1.51. The molecule has 1 rings (SSSR count). The van der Waals surface area contributed by atoms with Gasteiger partial charge in [0.05, 0.1) is 6.54 Å². The topological polar surface area (TPSA) is 102 Å². The first-order valence-electron chi connectivity index (χ1n) is 5.02. The second kappa shape index (κ2) is 5.90. The average Bonchev–Trinajstić information content (AvgIpc) is 2.37. The molecule has 0 radical (unpaired) electrons. The summed E-state index contributed by atoms with van der Waals surface area (Å²) in [6.45, 7) is -0.865. The largest absolute Gasteiger partial charge is 0.762 e. The van der Waals surface area contributed by atoms with Gasteiger partial charge in [-0.25, -0.2) is 0 Å². The molecule has 0 saturated carbocycles. The van der Waals surface area contributed by atoms with E-state index in [-0.39, 0.29) is 5.56 Å². The molecule has 0 heterocycles. The second-order valence-electron chi connectivity index (χ2n) is 3.56. The molecule has 1 atom stereocenters. The van der Waals surface area contributed by atoms with Gasteiger partial charge < -0.3 is 24.6 Å². The zero-order chi connectivity index (χ0) is 13.8. The summed E-state index contributed by atoms with van der Waals surface area (Å²) in [4.78, 5) is 0. The molecule has 18 heavy (non-hydrogen) atoms. The Hall–Kier alpha value is -0.790. The van der Waals surface area contributed by atoms with Gasteiger partial charge in [0.15, 0.2) is 0 Å². The van der Waals surface area contributed by atoms with Crippen molar-refractivity contribution >= 4 is 7.60 Å². The van der Waals surface area contributed by atoms with Gasteiger partial charge in [-0.2, -0.15) is 0 Å². The Kier molecular flexibility index (Phi) is 5.01. The van der Waals surface area contributed by atoms with Crippen molar-refractivity contribution in [3.63, 3.8) is 0 Å². The van der Waals surface area contributed by atoms with Gasteiger partial charge in [0.25, 0.3) is 0 Å². The van der Waals surface area contributed by atoms with Crippen LogP contribution >= 0.6 is 7.60 Å². The lowest BCUT2D eigenvalue weighted by molar-refractivity contribution is -0.0879. The lowest BCUT2D eigenvalue weighted by Gasteiger charge is -2.37. The first-order valence-corrected chi connectivity index (χ1v) is 6.57. The van der Waals surface area contributed by atoms with Crippen molar-refractivity contribution in [3.8, 4) is 0 Å². The summed E-state index contributed by atoms with van der Waals surface area (Å²) in [6, 6.07) is 7.76. The number of hydrogen-bond donors (Lipinski definition) is 2. The van der Waals surface area contributed by atoms with E-state index in [0.717, 1.165) is 14.2 Å². The van der Waals surface area contributed by atoms with Crippen LogP contribution < -0.4 is 0 Å². The number of nitrogens with zero attached hydrogens (tertiary/aromatic N) is 1. The molecule has 0 fully saturated rings. The van der Waals surface area contributed by atoms with E-state index >= 15 is 0 Å². The minimum absolute atomic E-state index is 0.145. The molecule has 0 aliphatic heterocycles. The number of hydrogen-bond acceptors (Lipinski definition) is 7. The maximum Gasteiger partial charge on any atom is 0.367 e. The van der Waals surface area contributed by atoms with Gasteiger partial charge in [0.1, 0.15) is 0 Å². The standard InChI is InChI=1S/C10H15NO6P/c1-16-18(15,17-2)10(12,8-11(13)14)9-6-4-3-5-7-9/h3-7,12-13H,8H2,1-2H3/q-1/t10-/m1/s1. The quantitative estimate of drug-likeness (QED) is 0.599. The highest BCUT2D eigenvalue weighted by atomic mass is 31.2. The minimum atomic E-state index is -4.03. The van der Waals surface area contributed by atoms with E-state index in [1.807, 2.05) is 0 Å². The van der Waals surface area contributed by atoms with Crippen LogP contribution in [0.2, 0.25) is 0 Å². The van der Waals surface area contributed by atoms with Crippen LogP contribution in [0.3, 0.4) is 0 Å². The molecular formula is C10H15NO6P-. The lowest BCUT2D eigenvalue weighted by atomic mass is 10.1. The zero-order valence-electron chi connectivity index (χ0n) is 10.0. The molecule has 0 aliphatic rings. The third-order valence-corrected chi connectivity index (χ3v) is 4.79. The third-order valence-electron chi connectivity index (χ3n) is 2.53. The van der Waals surface area contributed by atoms with Gasteiger partial charge in [-0.1, -0.05) is 30.3 Å². The second-order valence-corrected chi connectivity index (χ2v) is 6.02. The summed E-state index contributed by atoms with van der Waals surface area (Å²) in [5, 5.41) is 27.3. The van der Waals surface area contributed by atoms with Crippen LogP contribution in [0.1, 0.15) is 5.56 Å². The SMILES string of the molecule is COP(=O)(OC)[C@](O)(CN([O-])O)c1ccccc1. The van der Waals surface area contributed by atoms with Gasteiger partial charge in [-0.05, 0) is 5.56 Å². The van der Waals surface area contributed by atoms with Crippen molar-refractivity contribution < 1.29 is 23.9 Å². The first kappa shape index (κ1) is 15.3. The van der Waals surface area contributed by atoms with Crippen molar-refractivity contribution in [2.75, 3.05) is 20.8 Å². The average molecular weight is 276 g/mol. The summed E-state index contributed by atoms with van der Waals surface area (Å²) in [5.74, 6) is 0. The Morgan fingerprint density at radius 1 is 1.33 bits per heavy atom. The van der Waals surface area contributed by atoms with Gasteiger partial charge in [0, 0.05) is 14.2 Å². The van der Waals surface area contributed by atoms with Gasteiger partial charge in [-0.15, -0.1) is 0 Å². The van der Waals surface area contributed by atoms with E-state index in [0.29, 0.717) is 0 Å². The maximum absolute atomic E-state index is 12.3. The molecule has 102 valence electrons. The number of aliphatic hydroxyl groups is 1. The van der Waals surface area contributed by atoms with E-state index < -0.39 is 24.7 Å². The molecular weight excluding hydrogens is 261 g/mol. The van der Waals surface area contributed by atoms with Crippen molar-refractivity contribution in [2.24, 2.45) is 0 Å². The Morgan fingerprint density at radius 2 is 1.83 bits per heavy atom. The minimum Gasteiger partial charge on any atom is -0.762 e. The molecule has 0 unspecified atom stereocenters. The Balaban J connectivity index is 3.31. The number of hydroxylamine groups is 2. The van der Waals surface area contributed by atoms with E-state index in [4.69, 9.17) is 14.3 Å². The van der Waals surface area contributed by atoms with E-state index in [1.165, 1.54) is 12.1 Å². The molecule has 0 amide bonds. The van der Waals surface area contributed by atoms with Crippen LogP contribution in [0.5, 0.6) is 0 Å². The predicted molar refractivity (Wildman–Crippen MR) is 63.8 cm³/mol.